The molecule has 0 aromatic heterocycles. The van der Waals surface area contributed by atoms with Crippen LogP contribution in [-0.4, -0.2) is 16.8 Å². The zero-order chi connectivity index (χ0) is 15.2. The Hall–Kier alpha value is -1.61. The third kappa shape index (κ3) is 4.18. The third-order valence-electron chi connectivity index (χ3n) is 3.65. The van der Waals surface area contributed by atoms with Crippen LogP contribution < -0.4 is 0 Å². The molecule has 0 bridgehead atoms. The van der Waals surface area contributed by atoms with E-state index in [0.29, 0.717) is 6.54 Å². The van der Waals surface area contributed by atoms with Gasteiger partial charge in [-0.2, -0.15) is 0 Å². The first-order chi connectivity index (χ1) is 10.1. The molecular formula is C18H20BrNO. The van der Waals surface area contributed by atoms with E-state index < -0.39 is 0 Å². The smallest absolute Gasteiger partial charge is 0.254 e. The van der Waals surface area contributed by atoms with Gasteiger partial charge in [-0.1, -0.05) is 59.3 Å². The van der Waals surface area contributed by atoms with Crippen LogP contribution >= 0.6 is 15.9 Å². The molecule has 0 aliphatic heterocycles. The van der Waals surface area contributed by atoms with Gasteiger partial charge < -0.3 is 4.90 Å². The minimum absolute atomic E-state index is 0.0782. The summed E-state index contributed by atoms with van der Waals surface area (Å²) < 4.78 is 0.928. The molecule has 0 N–H and O–H groups in total. The summed E-state index contributed by atoms with van der Waals surface area (Å²) in [5, 5.41) is 0. The second kappa shape index (κ2) is 7.41. The fourth-order valence-electron chi connectivity index (χ4n) is 2.22. The Morgan fingerprint density at radius 1 is 1.14 bits per heavy atom. The summed E-state index contributed by atoms with van der Waals surface area (Å²) in [4.78, 5) is 14.7. The van der Waals surface area contributed by atoms with Crippen LogP contribution in [0.25, 0.3) is 0 Å². The van der Waals surface area contributed by atoms with Crippen molar-refractivity contribution >= 4 is 21.8 Å². The molecule has 1 amide bonds. The highest BCUT2D eigenvalue weighted by Crippen LogP contribution is 2.18. The molecule has 21 heavy (non-hydrogen) atoms. The molecule has 3 heteroatoms. The van der Waals surface area contributed by atoms with Gasteiger partial charge in [0.2, 0.25) is 0 Å². The molecule has 2 rings (SSSR count). The van der Waals surface area contributed by atoms with Crippen LogP contribution in [-0.2, 0) is 6.54 Å². The van der Waals surface area contributed by atoms with Gasteiger partial charge in [-0.15, -0.1) is 0 Å². The molecule has 0 radical (unpaired) electrons. The topological polar surface area (TPSA) is 20.3 Å². The average molecular weight is 346 g/mol. The highest BCUT2D eigenvalue weighted by atomic mass is 79.9. The SMILES string of the molecule is CCC(C)N(Cc1ccccc1)C(=O)c1cccc(Br)c1. The molecule has 0 aliphatic carbocycles. The highest BCUT2D eigenvalue weighted by Gasteiger charge is 2.20. The van der Waals surface area contributed by atoms with Crippen molar-refractivity contribution in [2.24, 2.45) is 0 Å². The summed E-state index contributed by atoms with van der Waals surface area (Å²) in [6.45, 7) is 4.84. The normalized spacial score (nSPS) is 12.0. The van der Waals surface area contributed by atoms with E-state index in [1.54, 1.807) is 0 Å². The van der Waals surface area contributed by atoms with Gasteiger partial charge in [0.25, 0.3) is 5.91 Å². The summed E-state index contributed by atoms with van der Waals surface area (Å²) >= 11 is 3.43. The van der Waals surface area contributed by atoms with Crippen LogP contribution in [0, 0.1) is 0 Å². The predicted molar refractivity (Wildman–Crippen MR) is 90.2 cm³/mol. The first kappa shape index (κ1) is 15.8. The van der Waals surface area contributed by atoms with Crippen molar-refractivity contribution in [3.05, 3.63) is 70.2 Å². The van der Waals surface area contributed by atoms with E-state index in [-0.39, 0.29) is 11.9 Å². The third-order valence-corrected chi connectivity index (χ3v) is 4.14. The second-order valence-corrected chi connectivity index (χ2v) is 6.10. The maximum atomic E-state index is 12.8. The number of benzene rings is 2. The Balaban J connectivity index is 2.25. The maximum Gasteiger partial charge on any atom is 0.254 e. The van der Waals surface area contributed by atoms with Crippen LogP contribution in [0.2, 0.25) is 0 Å². The summed E-state index contributed by atoms with van der Waals surface area (Å²) in [7, 11) is 0. The molecule has 0 spiro atoms. The molecule has 0 saturated heterocycles. The Morgan fingerprint density at radius 3 is 2.48 bits per heavy atom. The number of hydrogen-bond donors (Lipinski definition) is 0. The zero-order valence-corrected chi connectivity index (χ0v) is 14.0. The molecule has 0 heterocycles. The van der Waals surface area contributed by atoms with Crippen molar-refractivity contribution in [1.29, 1.82) is 0 Å². The first-order valence-electron chi connectivity index (χ1n) is 7.22. The van der Waals surface area contributed by atoms with Crippen molar-refractivity contribution in [2.45, 2.75) is 32.9 Å². The quantitative estimate of drug-likeness (QED) is 0.755. The minimum Gasteiger partial charge on any atom is -0.332 e. The number of nitrogens with zero attached hydrogens (tertiary/aromatic N) is 1. The lowest BCUT2D eigenvalue weighted by Gasteiger charge is -2.29. The number of halogens is 1. The van der Waals surface area contributed by atoms with Gasteiger partial charge >= 0.3 is 0 Å². The Bertz CT molecular complexity index is 597. The van der Waals surface area contributed by atoms with E-state index in [1.165, 1.54) is 0 Å². The Morgan fingerprint density at radius 2 is 1.86 bits per heavy atom. The average Bonchev–Trinajstić information content (AvgIpc) is 2.52. The van der Waals surface area contributed by atoms with Gasteiger partial charge in [0.1, 0.15) is 0 Å². The maximum absolute atomic E-state index is 12.8. The fourth-order valence-corrected chi connectivity index (χ4v) is 2.61. The molecule has 2 aromatic carbocycles. The van der Waals surface area contributed by atoms with Crippen LogP contribution in [0.1, 0.15) is 36.2 Å². The van der Waals surface area contributed by atoms with Crippen molar-refractivity contribution in [2.75, 3.05) is 0 Å². The summed E-state index contributed by atoms with van der Waals surface area (Å²) in [6, 6.07) is 17.9. The molecule has 0 fully saturated rings. The van der Waals surface area contributed by atoms with Gasteiger partial charge in [0.05, 0.1) is 0 Å². The zero-order valence-electron chi connectivity index (χ0n) is 12.4. The number of carbonyl (C=O) groups excluding carboxylic acids is 1. The van der Waals surface area contributed by atoms with Gasteiger partial charge in [-0.05, 0) is 37.1 Å². The van der Waals surface area contributed by atoms with E-state index in [4.69, 9.17) is 0 Å². The van der Waals surface area contributed by atoms with Crippen molar-refractivity contribution in [3.63, 3.8) is 0 Å². The summed E-state index contributed by atoms with van der Waals surface area (Å²) in [6.07, 6.45) is 0.937. The van der Waals surface area contributed by atoms with Crippen molar-refractivity contribution in [3.8, 4) is 0 Å². The number of carbonyl (C=O) groups is 1. The molecule has 1 atom stereocenters. The predicted octanol–water partition coefficient (Wildman–Crippen LogP) is 4.89. The standard InChI is InChI=1S/C18H20BrNO/c1-3-14(2)20(13-15-8-5-4-6-9-15)18(21)16-10-7-11-17(19)12-16/h4-12,14H,3,13H2,1-2H3. The van der Waals surface area contributed by atoms with E-state index in [0.717, 1.165) is 22.0 Å². The van der Waals surface area contributed by atoms with Gasteiger partial charge in [-0.3, -0.25) is 4.79 Å². The second-order valence-electron chi connectivity index (χ2n) is 5.19. The molecule has 0 saturated carbocycles. The molecule has 2 nitrogen and oxygen atoms in total. The lowest BCUT2D eigenvalue weighted by atomic mass is 10.1. The van der Waals surface area contributed by atoms with Gasteiger partial charge in [0.15, 0.2) is 0 Å². The molecule has 1 unspecified atom stereocenters. The molecule has 2 aromatic rings. The van der Waals surface area contributed by atoms with Crippen LogP contribution in [0.3, 0.4) is 0 Å². The molecular weight excluding hydrogens is 326 g/mol. The molecule has 110 valence electrons. The van der Waals surface area contributed by atoms with Crippen molar-refractivity contribution < 1.29 is 4.79 Å². The van der Waals surface area contributed by atoms with E-state index in [9.17, 15) is 4.79 Å². The molecule has 0 aliphatic rings. The lowest BCUT2D eigenvalue weighted by molar-refractivity contribution is 0.0671. The van der Waals surface area contributed by atoms with E-state index in [1.807, 2.05) is 47.4 Å². The first-order valence-corrected chi connectivity index (χ1v) is 8.01. The number of amides is 1. The van der Waals surface area contributed by atoms with Crippen molar-refractivity contribution in [1.82, 2.24) is 4.90 Å². The van der Waals surface area contributed by atoms with Crippen LogP contribution in [0.15, 0.2) is 59.1 Å². The van der Waals surface area contributed by atoms with Gasteiger partial charge in [-0.25, -0.2) is 0 Å². The Labute approximate surface area is 134 Å². The fraction of sp³-hybridized carbons (Fsp3) is 0.278. The number of hydrogen-bond acceptors (Lipinski definition) is 1. The summed E-state index contributed by atoms with van der Waals surface area (Å²) in [5.41, 5.74) is 1.88. The number of rotatable bonds is 5. The monoisotopic (exact) mass is 345 g/mol. The van der Waals surface area contributed by atoms with Crippen LogP contribution in [0.4, 0.5) is 0 Å². The highest BCUT2D eigenvalue weighted by molar-refractivity contribution is 9.10. The Kier molecular flexibility index (Phi) is 5.57. The minimum atomic E-state index is 0.0782. The summed E-state index contributed by atoms with van der Waals surface area (Å²) in [5.74, 6) is 0.0782. The lowest BCUT2D eigenvalue weighted by Crippen LogP contribution is -2.37. The van der Waals surface area contributed by atoms with E-state index >= 15 is 0 Å². The van der Waals surface area contributed by atoms with Gasteiger partial charge in [0, 0.05) is 22.6 Å². The van der Waals surface area contributed by atoms with E-state index in [2.05, 4.69) is 41.9 Å². The van der Waals surface area contributed by atoms with Crippen LogP contribution in [0.5, 0.6) is 0 Å². The largest absolute Gasteiger partial charge is 0.332 e.